The molecule has 0 saturated carbocycles. The van der Waals surface area contributed by atoms with Gasteiger partial charge in [-0.05, 0) is 78.2 Å². The lowest BCUT2D eigenvalue weighted by atomic mass is 9.81. The molecule has 0 spiro atoms. The van der Waals surface area contributed by atoms with Crippen molar-refractivity contribution >= 4 is 21.5 Å². The van der Waals surface area contributed by atoms with Gasteiger partial charge >= 0.3 is 0 Å². The second kappa shape index (κ2) is 12.3. The van der Waals surface area contributed by atoms with Gasteiger partial charge in [-0.25, -0.2) is 9.97 Å². The molecule has 1 heterocycles. The zero-order valence-corrected chi connectivity index (χ0v) is 29.7. The molecule has 0 N–H and O–H groups in total. The Balaban J connectivity index is 1.14. The fourth-order valence-corrected chi connectivity index (χ4v) is 8.46. The van der Waals surface area contributed by atoms with Gasteiger partial charge in [0.1, 0.15) is 0 Å². The molecule has 1 aliphatic rings. The molecule has 0 saturated heterocycles. The van der Waals surface area contributed by atoms with Crippen molar-refractivity contribution in [2.24, 2.45) is 0 Å². The van der Waals surface area contributed by atoms with E-state index in [1.54, 1.807) is 0 Å². The molecule has 2 heteroatoms. The van der Waals surface area contributed by atoms with E-state index in [1.165, 1.54) is 54.9 Å². The van der Waals surface area contributed by atoms with E-state index in [0.29, 0.717) is 5.82 Å². The summed E-state index contributed by atoms with van der Waals surface area (Å²) in [6, 6.07) is 65.3. The Kier molecular flexibility index (Phi) is 7.19. The summed E-state index contributed by atoms with van der Waals surface area (Å²) >= 11 is 0. The molecule has 1 aromatic heterocycles. The Hall–Kier alpha value is -6.64. The summed E-state index contributed by atoms with van der Waals surface area (Å²) in [5.41, 5.74) is 15.1. The molecule has 0 atom stereocenters. The van der Waals surface area contributed by atoms with Gasteiger partial charge in [-0.3, -0.25) is 0 Å². The summed E-state index contributed by atoms with van der Waals surface area (Å²) in [5.74, 6) is 0.710. The minimum absolute atomic E-state index is 0.109. The van der Waals surface area contributed by atoms with Crippen LogP contribution >= 0.6 is 0 Å². The van der Waals surface area contributed by atoms with Gasteiger partial charge in [0.2, 0.25) is 0 Å². The Morgan fingerprint density at radius 3 is 1.68 bits per heavy atom. The maximum Gasteiger partial charge on any atom is 0.160 e. The first-order valence-electron chi connectivity index (χ1n) is 18.3. The van der Waals surface area contributed by atoms with E-state index in [0.717, 1.165) is 39.2 Å². The zero-order valence-electron chi connectivity index (χ0n) is 29.7. The summed E-state index contributed by atoms with van der Waals surface area (Å²) in [6.07, 6.45) is 0. The summed E-state index contributed by atoms with van der Waals surface area (Å²) in [6.45, 7) is 4.73. The lowest BCUT2D eigenvalue weighted by Crippen LogP contribution is -2.15. The fraction of sp³-hybridized carbons (Fsp3) is 0.0588. The monoisotopic (exact) mass is 676 g/mol. The van der Waals surface area contributed by atoms with Crippen LogP contribution in [0, 0.1) is 0 Å². The Labute approximate surface area is 310 Å². The largest absolute Gasteiger partial charge is 0.228 e. The average Bonchev–Trinajstić information content (AvgIpc) is 3.46. The molecule has 250 valence electrons. The highest BCUT2D eigenvalue weighted by atomic mass is 14.9. The first-order valence-corrected chi connectivity index (χ1v) is 18.3. The maximum absolute atomic E-state index is 5.26. The zero-order chi connectivity index (χ0) is 35.5. The summed E-state index contributed by atoms with van der Waals surface area (Å²) < 4.78 is 0. The lowest BCUT2D eigenvalue weighted by molar-refractivity contribution is 0.661. The number of fused-ring (bicyclic) bond motifs is 6. The normalized spacial score (nSPS) is 12.9. The van der Waals surface area contributed by atoms with E-state index in [4.69, 9.17) is 9.97 Å². The van der Waals surface area contributed by atoms with Crippen LogP contribution in [0.15, 0.2) is 182 Å². The van der Waals surface area contributed by atoms with Crippen molar-refractivity contribution in [3.63, 3.8) is 0 Å². The number of hydrogen-bond acceptors (Lipinski definition) is 2. The molecule has 0 fully saturated rings. The summed E-state index contributed by atoms with van der Waals surface area (Å²) in [4.78, 5) is 10.5. The molecule has 10 rings (SSSR count). The van der Waals surface area contributed by atoms with Crippen molar-refractivity contribution in [1.82, 2.24) is 9.97 Å². The maximum atomic E-state index is 5.26. The molecule has 0 unspecified atom stereocenters. The number of benzene rings is 8. The topological polar surface area (TPSA) is 25.8 Å². The predicted molar refractivity (Wildman–Crippen MR) is 222 cm³/mol. The third kappa shape index (κ3) is 5.10. The van der Waals surface area contributed by atoms with Crippen LogP contribution in [0.25, 0.3) is 88.8 Å². The van der Waals surface area contributed by atoms with Crippen molar-refractivity contribution in [1.29, 1.82) is 0 Å². The Morgan fingerprint density at radius 1 is 0.358 bits per heavy atom. The smallest absolute Gasteiger partial charge is 0.160 e. The van der Waals surface area contributed by atoms with E-state index in [-0.39, 0.29) is 5.41 Å². The predicted octanol–water partition coefficient (Wildman–Crippen LogP) is 13.4. The molecule has 0 amide bonds. The van der Waals surface area contributed by atoms with Crippen LogP contribution in [0.3, 0.4) is 0 Å². The van der Waals surface area contributed by atoms with Gasteiger partial charge in [0.05, 0.1) is 11.4 Å². The van der Waals surface area contributed by atoms with Gasteiger partial charge in [0, 0.05) is 22.1 Å². The lowest BCUT2D eigenvalue weighted by Gasteiger charge is -2.22. The van der Waals surface area contributed by atoms with Crippen LogP contribution in [0.4, 0.5) is 0 Å². The van der Waals surface area contributed by atoms with Gasteiger partial charge in [-0.2, -0.15) is 0 Å². The van der Waals surface area contributed by atoms with Crippen LogP contribution in [-0.4, -0.2) is 9.97 Å². The van der Waals surface area contributed by atoms with Crippen molar-refractivity contribution in [3.05, 3.63) is 193 Å². The first kappa shape index (κ1) is 31.1. The third-order valence-electron chi connectivity index (χ3n) is 11.1. The second-order valence-electron chi connectivity index (χ2n) is 14.5. The van der Waals surface area contributed by atoms with Gasteiger partial charge in [-0.1, -0.05) is 184 Å². The Bertz CT molecular complexity index is 2850. The number of rotatable bonds is 5. The van der Waals surface area contributed by atoms with E-state index in [2.05, 4.69) is 178 Å². The van der Waals surface area contributed by atoms with Crippen molar-refractivity contribution in [2.75, 3.05) is 0 Å². The van der Waals surface area contributed by atoms with Crippen molar-refractivity contribution in [2.45, 2.75) is 19.3 Å². The molecular formula is C51H36N2. The molecule has 0 bridgehead atoms. The molecule has 8 aromatic carbocycles. The summed E-state index contributed by atoms with van der Waals surface area (Å²) in [5, 5.41) is 4.98. The molecule has 2 nitrogen and oxygen atoms in total. The van der Waals surface area contributed by atoms with Crippen LogP contribution in [0.1, 0.15) is 25.0 Å². The van der Waals surface area contributed by atoms with E-state index in [9.17, 15) is 0 Å². The SMILES string of the molecule is CC1(C)c2cc(-c3ccc(-c4cc(-c5ccccc5-c5ccccc5)nc(-c5ccccc5)n4)c4ccccc34)ccc2-c2c1ccc1ccccc21. The highest BCUT2D eigenvalue weighted by Crippen LogP contribution is 2.52. The minimum atomic E-state index is -0.109. The Morgan fingerprint density at radius 2 is 0.925 bits per heavy atom. The minimum Gasteiger partial charge on any atom is -0.228 e. The molecular weight excluding hydrogens is 641 g/mol. The average molecular weight is 677 g/mol. The number of hydrogen-bond donors (Lipinski definition) is 0. The van der Waals surface area contributed by atoms with E-state index >= 15 is 0 Å². The van der Waals surface area contributed by atoms with Gasteiger partial charge < -0.3 is 0 Å². The molecule has 0 aliphatic heterocycles. The van der Waals surface area contributed by atoms with Crippen LogP contribution in [-0.2, 0) is 5.41 Å². The highest BCUT2D eigenvalue weighted by Gasteiger charge is 2.36. The number of aromatic nitrogens is 2. The highest BCUT2D eigenvalue weighted by molar-refractivity contribution is 6.06. The summed E-state index contributed by atoms with van der Waals surface area (Å²) in [7, 11) is 0. The number of nitrogens with zero attached hydrogens (tertiary/aromatic N) is 2. The van der Waals surface area contributed by atoms with Gasteiger partial charge in [0.15, 0.2) is 5.82 Å². The second-order valence-corrected chi connectivity index (χ2v) is 14.5. The van der Waals surface area contributed by atoms with Gasteiger partial charge in [-0.15, -0.1) is 0 Å². The van der Waals surface area contributed by atoms with E-state index < -0.39 is 0 Å². The molecule has 53 heavy (non-hydrogen) atoms. The molecule has 0 radical (unpaired) electrons. The standard InChI is InChI=1S/C51H36N2/c1-51(2)45-30-26-34-17-9-10-21-39(34)49(45)44-27-25-36(31-46(44)51)38-28-29-43(41-23-13-12-22-40(38)41)48-32-47(52-50(53-48)35-18-7-4-8-19-35)42-24-14-11-20-37(42)33-15-5-3-6-16-33/h3-32H,1-2H3. The van der Waals surface area contributed by atoms with E-state index in [1.807, 2.05) is 18.2 Å². The third-order valence-corrected chi connectivity index (χ3v) is 11.1. The molecule has 1 aliphatic carbocycles. The van der Waals surface area contributed by atoms with Crippen LogP contribution in [0.2, 0.25) is 0 Å². The van der Waals surface area contributed by atoms with Gasteiger partial charge in [0.25, 0.3) is 0 Å². The molecule has 9 aromatic rings. The first-order chi connectivity index (χ1) is 26.0. The van der Waals surface area contributed by atoms with Crippen molar-refractivity contribution in [3.8, 4) is 67.3 Å². The van der Waals surface area contributed by atoms with Crippen LogP contribution < -0.4 is 0 Å². The van der Waals surface area contributed by atoms with Crippen molar-refractivity contribution < 1.29 is 0 Å². The fourth-order valence-electron chi connectivity index (χ4n) is 8.46. The quantitative estimate of drug-likeness (QED) is 0.181. The van der Waals surface area contributed by atoms with Crippen LogP contribution in [0.5, 0.6) is 0 Å².